The van der Waals surface area contributed by atoms with Gasteiger partial charge in [0.05, 0.1) is 15.3 Å². The van der Waals surface area contributed by atoms with Crippen molar-refractivity contribution in [2.45, 2.75) is 80.4 Å². The number of benzene rings is 1. The van der Waals surface area contributed by atoms with Crippen LogP contribution in [0.2, 0.25) is 0 Å². The Morgan fingerprint density at radius 1 is 1.00 bits per heavy atom. The molecule has 0 radical (unpaired) electrons. The summed E-state index contributed by atoms with van der Waals surface area (Å²) < 4.78 is 24.0. The van der Waals surface area contributed by atoms with Crippen LogP contribution >= 0.6 is 23.5 Å². The van der Waals surface area contributed by atoms with Crippen LogP contribution < -0.4 is 0 Å². The Balaban J connectivity index is 1.86. The predicted molar refractivity (Wildman–Crippen MR) is 124 cm³/mol. The van der Waals surface area contributed by atoms with E-state index in [2.05, 4.69) is 0 Å². The Morgan fingerprint density at radius 2 is 1.50 bits per heavy atom. The molecular formula is C23H36O5S2. The Bertz CT molecular complexity index is 651. The first-order valence-electron chi connectivity index (χ1n) is 10.6. The van der Waals surface area contributed by atoms with E-state index in [0.717, 1.165) is 23.5 Å². The fraction of sp³-hybridized carbons (Fsp3) is 0.739. The molecule has 0 amide bonds. The van der Waals surface area contributed by atoms with Crippen molar-refractivity contribution in [1.29, 1.82) is 0 Å². The first kappa shape index (κ1) is 24.4. The Labute approximate surface area is 189 Å². The third kappa shape index (κ3) is 5.03. The zero-order valence-electron chi connectivity index (χ0n) is 18.9. The number of aliphatic hydroxyl groups is 1. The normalized spacial score (nSPS) is 26.6. The molecule has 170 valence electrons. The van der Waals surface area contributed by atoms with Gasteiger partial charge in [0.1, 0.15) is 18.3 Å². The topological polar surface area (TPSA) is 57.2 Å². The molecule has 1 aromatic rings. The van der Waals surface area contributed by atoms with Gasteiger partial charge in [0, 0.05) is 20.6 Å². The lowest BCUT2D eigenvalue weighted by Crippen LogP contribution is -2.53. The molecule has 0 aromatic heterocycles. The second kappa shape index (κ2) is 9.69. The van der Waals surface area contributed by atoms with Crippen LogP contribution in [0.4, 0.5) is 0 Å². The van der Waals surface area contributed by atoms with Crippen molar-refractivity contribution >= 4 is 23.5 Å². The highest BCUT2D eigenvalue weighted by molar-refractivity contribution is 8.18. The van der Waals surface area contributed by atoms with Gasteiger partial charge in [-0.25, -0.2) is 0 Å². The molecule has 2 aliphatic rings. The second-order valence-corrected chi connectivity index (χ2v) is 12.1. The van der Waals surface area contributed by atoms with Crippen LogP contribution in [0, 0.1) is 0 Å². The van der Waals surface area contributed by atoms with Gasteiger partial charge in [-0.15, -0.1) is 23.5 Å². The molecule has 30 heavy (non-hydrogen) atoms. The number of ether oxygens (including phenoxy) is 4. The van der Waals surface area contributed by atoms with Gasteiger partial charge in [0.15, 0.2) is 6.29 Å². The minimum absolute atomic E-state index is 0.285. The van der Waals surface area contributed by atoms with Gasteiger partial charge in [-0.05, 0) is 51.2 Å². The van der Waals surface area contributed by atoms with Crippen molar-refractivity contribution in [3.63, 3.8) is 0 Å². The van der Waals surface area contributed by atoms with Gasteiger partial charge < -0.3 is 24.1 Å². The number of aliphatic hydroxyl groups excluding tert-OH is 1. The number of hydrogen-bond acceptors (Lipinski definition) is 7. The maximum Gasteiger partial charge on any atom is 0.161 e. The van der Waals surface area contributed by atoms with E-state index in [9.17, 15) is 5.11 Å². The van der Waals surface area contributed by atoms with Crippen molar-refractivity contribution < 1.29 is 24.1 Å². The summed E-state index contributed by atoms with van der Waals surface area (Å²) in [5.74, 6) is 2.03. The first-order valence-corrected chi connectivity index (χ1v) is 12.5. The maximum absolute atomic E-state index is 11.4. The number of methoxy groups -OCH3 is 2. The summed E-state index contributed by atoms with van der Waals surface area (Å²) in [4.78, 5) is 0. The molecule has 3 atom stereocenters. The number of rotatable bonds is 8. The van der Waals surface area contributed by atoms with E-state index in [1.54, 1.807) is 14.2 Å². The van der Waals surface area contributed by atoms with Crippen LogP contribution in [-0.2, 0) is 18.9 Å². The zero-order valence-corrected chi connectivity index (χ0v) is 20.6. The molecule has 1 N–H and O–H groups in total. The molecule has 2 fully saturated rings. The average Bonchev–Trinajstić information content (AvgIpc) is 3.20. The molecule has 0 spiro atoms. The summed E-state index contributed by atoms with van der Waals surface area (Å²) in [5.41, 5.74) is -0.138. The molecule has 5 nitrogen and oxygen atoms in total. The third-order valence-electron chi connectivity index (χ3n) is 6.26. The molecule has 0 bridgehead atoms. The number of thioether (sulfide) groups is 2. The van der Waals surface area contributed by atoms with Gasteiger partial charge in [-0.2, -0.15) is 0 Å². The van der Waals surface area contributed by atoms with E-state index < -0.39 is 27.7 Å². The van der Waals surface area contributed by atoms with Gasteiger partial charge in [-0.1, -0.05) is 30.3 Å². The summed E-state index contributed by atoms with van der Waals surface area (Å²) in [6, 6.07) is 9.91. The lowest BCUT2D eigenvalue weighted by Gasteiger charge is -2.41. The van der Waals surface area contributed by atoms with Gasteiger partial charge in [0.2, 0.25) is 0 Å². The summed E-state index contributed by atoms with van der Waals surface area (Å²) in [6.07, 6.45) is 0.109. The molecule has 3 rings (SSSR count). The van der Waals surface area contributed by atoms with Crippen molar-refractivity contribution in [1.82, 2.24) is 0 Å². The molecule has 1 aromatic carbocycles. The molecule has 7 heteroatoms. The van der Waals surface area contributed by atoms with Crippen molar-refractivity contribution in [3.8, 4) is 0 Å². The maximum atomic E-state index is 11.4. The molecule has 2 aliphatic heterocycles. The highest BCUT2D eigenvalue weighted by atomic mass is 32.2. The number of hydrogen-bond donors (Lipinski definition) is 1. The first-order chi connectivity index (χ1) is 14.1. The largest absolute Gasteiger partial charge is 0.386 e. The Hall–Kier alpha value is -0.280. The van der Waals surface area contributed by atoms with Crippen LogP contribution in [-0.4, -0.2) is 64.6 Å². The molecule has 2 saturated heterocycles. The molecule has 0 aliphatic carbocycles. The minimum Gasteiger partial charge on any atom is -0.386 e. The van der Waals surface area contributed by atoms with Gasteiger partial charge in [0.25, 0.3) is 0 Å². The lowest BCUT2D eigenvalue weighted by molar-refractivity contribution is -0.132. The van der Waals surface area contributed by atoms with Crippen molar-refractivity contribution in [2.75, 3.05) is 25.7 Å². The van der Waals surface area contributed by atoms with E-state index >= 15 is 0 Å². The lowest BCUT2D eigenvalue weighted by atomic mass is 9.87. The van der Waals surface area contributed by atoms with Gasteiger partial charge >= 0.3 is 0 Å². The summed E-state index contributed by atoms with van der Waals surface area (Å²) in [6.45, 7) is 8.06. The SMILES string of the molecule is COC(C)(C)[C@@H]1OC(CC2([C@@H](O)c3ccccc3)SCCCS2)O[C@H]1C(C)(C)OC. The highest BCUT2D eigenvalue weighted by Crippen LogP contribution is 2.54. The van der Waals surface area contributed by atoms with E-state index in [4.69, 9.17) is 18.9 Å². The highest BCUT2D eigenvalue weighted by Gasteiger charge is 2.54. The zero-order chi connectivity index (χ0) is 22.0. The predicted octanol–water partition coefficient (Wildman–Crippen LogP) is 4.64. The second-order valence-electron chi connectivity index (χ2n) is 9.04. The monoisotopic (exact) mass is 456 g/mol. The van der Waals surface area contributed by atoms with Crippen molar-refractivity contribution in [2.24, 2.45) is 0 Å². The van der Waals surface area contributed by atoms with Crippen molar-refractivity contribution in [3.05, 3.63) is 35.9 Å². The minimum atomic E-state index is -0.607. The summed E-state index contributed by atoms with van der Waals surface area (Å²) in [5, 5.41) is 11.4. The average molecular weight is 457 g/mol. The van der Waals surface area contributed by atoms with E-state index in [1.165, 1.54) is 0 Å². The third-order valence-corrected chi connectivity index (χ3v) is 9.71. The van der Waals surface area contributed by atoms with Crippen LogP contribution in [0.3, 0.4) is 0 Å². The van der Waals surface area contributed by atoms with E-state index in [-0.39, 0.29) is 12.2 Å². The van der Waals surface area contributed by atoms with E-state index in [1.807, 2.05) is 81.6 Å². The molecule has 0 unspecified atom stereocenters. The summed E-state index contributed by atoms with van der Waals surface area (Å²) >= 11 is 3.64. The van der Waals surface area contributed by atoms with Crippen LogP contribution in [0.25, 0.3) is 0 Å². The summed E-state index contributed by atoms with van der Waals surface area (Å²) in [7, 11) is 3.39. The smallest absolute Gasteiger partial charge is 0.161 e. The Kier molecular flexibility index (Phi) is 7.87. The van der Waals surface area contributed by atoms with Gasteiger partial charge in [-0.3, -0.25) is 0 Å². The Morgan fingerprint density at radius 3 is 1.97 bits per heavy atom. The fourth-order valence-electron chi connectivity index (χ4n) is 3.99. The van der Waals surface area contributed by atoms with Crippen LogP contribution in [0.15, 0.2) is 30.3 Å². The van der Waals surface area contributed by atoms with E-state index in [0.29, 0.717) is 6.42 Å². The standard InChI is InChI=1S/C23H36O5S2/c1-21(2,25-5)19-20(22(3,4)26-6)28-17(27-19)15-23(29-13-10-14-30-23)18(24)16-11-8-7-9-12-16/h7-9,11-12,17-20,24H,10,13-15H2,1-6H3/t18-,19+,20+/m0/s1. The molecular weight excluding hydrogens is 420 g/mol. The molecule has 2 heterocycles. The van der Waals surface area contributed by atoms with Crippen LogP contribution in [0.1, 0.15) is 52.2 Å². The van der Waals surface area contributed by atoms with Crippen LogP contribution in [0.5, 0.6) is 0 Å². The fourth-order valence-corrected chi connectivity index (χ4v) is 7.37. The quantitative estimate of drug-likeness (QED) is 0.612. The molecule has 0 saturated carbocycles.